The molecule has 5 nitrogen and oxygen atoms in total. The Hall–Kier alpha value is -2.30. The van der Waals surface area contributed by atoms with Gasteiger partial charge in [-0.1, -0.05) is 19.4 Å². The first-order valence-corrected chi connectivity index (χ1v) is 6.55. The number of carboxylic acid groups (broad SMARTS) is 1. The van der Waals surface area contributed by atoms with Gasteiger partial charge >= 0.3 is 5.97 Å². The summed E-state index contributed by atoms with van der Waals surface area (Å²) in [5.41, 5.74) is 3.48. The van der Waals surface area contributed by atoms with Crippen LogP contribution in [0, 0.1) is 13.8 Å². The molecule has 0 radical (unpaired) electrons. The van der Waals surface area contributed by atoms with E-state index in [9.17, 15) is 4.79 Å². The second kappa shape index (κ2) is 5.77. The van der Waals surface area contributed by atoms with Gasteiger partial charge in [0, 0.05) is 12.4 Å². The number of carboxylic acids is 1. The number of rotatable bonds is 4. The Morgan fingerprint density at radius 1 is 1.25 bits per heavy atom. The van der Waals surface area contributed by atoms with Crippen LogP contribution in [0.15, 0.2) is 18.5 Å². The summed E-state index contributed by atoms with van der Waals surface area (Å²) in [6, 6.07) is 2.01. The number of hydrogen-bond donors (Lipinski definition) is 1. The molecule has 0 spiro atoms. The fraction of sp³-hybridized carbons (Fsp3) is 0.333. The third kappa shape index (κ3) is 2.82. The van der Waals surface area contributed by atoms with E-state index in [4.69, 9.17) is 5.11 Å². The Morgan fingerprint density at radius 3 is 2.60 bits per heavy atom. The molecule has 0 atom stereocenters. The highest BCUT2D eigenvalue weighted by atomic mass is 16.4. The van der Waals surface area contributed by atoms with Crippen LogP contribution in [0.1, 0.15) is 40.5 Å². The number of aromatic nitrogens is 3. The van der Waals surface area contributed by atoms with E-state index in [2.05, 4.69) is 15.0 Å². The van der Waals surface area contributed by atoms with Gasteiger partial charge in [-0.15, -0.1) is 0 Å². The molecule has 0 aromatic carbocycles. The molecule has 0 fully saturated rings. The summed E-state index contributed by atoms with van der Waals surface area (Å²) in [6.07, 6.45) is 4.58. The molecule has 0 saturated carbocycles. The van der Waals surface area contributed by atoms with Gasteiger partial charge in [0.15, 0.2) is 5.82 Å². The molecule has 1 N–H and O–H groups in total. The maximum Gasteiger partial charge on any atom is 0.339 e. The number of pyridine rings is 1. The maximum atomic E-state index is 11.2. The van der Waals surface area contributed by atoms with Crippen molar-refractivity contribution in [2.75, 3.05) is 0 Å². The van der Waals surface area contributed by atoms with E-state index in [1.807, 2.05) is 26.8 Å². The SMILES string of the molecule is CCCc1nc(-c2ncc(C)cc2C)ncc1C(=O)O. The topological polar surface area (TPSA) is 76.0 Å². The van der Waals surface area contributed by atoms with Crippen LogP contribution in [0.25, 0.3) is 11.5 Å². The van der Waals surface area contributed by atoms with E-state index in [-0.39, 0.29) is 5.56 Å². The average Bonchev–Trinajstić information content (AvgIpc) is 2.38. The third-order valence-corrected chi connectivity index (χ3v) is 3.01. The van der Waals surface area contributed by atoms with Crippen LogP contribution >= 0.6 is 0 Å². The van der Waals surface area contributed by atoms with Gasteiger partial charge < -0.3 is 5.11 Å². The lowest BCUT2D eigenvalue weighted by Gasteiger charge is -2.08. The number of carbonyl (C=O) groups is 1. The van der Waals surface area contributed by atoms with Gasteiger partial charge in [-0.2, -0.15) is 0 Å². The maximum absolute atomic E-state index is 11.2. The van der Waals surface area contributed by atoms with E-state index in [0.29, 0.717) is 23.6 Å². The number of aryl methyl sites for hydroxylation is 3. The zero-order valence-electron chi connectivity index (χ0n) is 11.8. The fourth-order valence-electron chi connectivity index (χ4n) is 2.09. The molecule has 0 aliphatic heterocycles. The van der Waals surface area contributed by atoms with Crippen molar-refractivity contribution in [1.29, 1.82) is 0 Å². The van der Waals surface area contributed by atoms with Crippen LogP contribution in [0.4, 0.5) is 0 Å². The summed E-state index contributed by atoms with van der Waals surface area (Å²) in [5.74, 6) is -0.510. The van der Waals surface area contributed by atoms with Crippen molar-refractivity contribution in [2.45, 2.75) is 33.6 Å². The summed E-state index contributed by atoms with van der Waals surface area (Å²) in [4.78, 5) is 24.1. The smallest absolute Gasteiger partial charge is 0.339 e. The first-order chi connectivity index (χ1) is 9.52. The highest BCUT2D eigenvalue weighted by Crippen LogP contribution is 2.19. The molecule has 104 valence electrons. The molecule has 0 saturated heterocycles. The normalized spacial score (nSPS) is 10.6. The highest BCUT2D eigenvalue weighted by Gasteiger charge is 2.15. The van der Waals surface area contributed by atoms with Gasteiger partial charge in [-0.25, -0.2) is 14.8 Å². The molecule has 0 aliphatic rings. The molecule has 0 bridgehead atoms. The van der Waals surface area contributed by atoms with Crippen molar-refractivity contribution in [3.63, 3.8) is 0 Å². The Labute approximate surface area is 117 Å². The molecule has 20 heavy (non-hydrogen) atoms. The van der Waals surface area contributed by atoms with Crippen LogP contribution in [0.3, 0.4) is 0 Å². The molecule has 2 aromatic rings. The Bertz CT molecular complexity index is 654. The summed E-state index contributed by atoms with van der Waals surface area (Å²) in [7, 11) is 0. The zero-order chi connectivity index (χ0) is 14.7. The quantitative estimate of drug-likeness (QED) is 0.925. The fourth-order valence-corrected chi connectivity index (χ4v) is 2.09. The largest absolute Gasteiger partial charge is 0.478 e. The average molecular weight is 271 g/mol. The summed E-state index contributed by atoms with van der Waals surface area (Å²) in [6.45, 7) is 5.91. The minimum Gasteiger partial charge on any atom is -0.478 e. The lowest BCUT2D eigenvalue weighted by atomic mass is 10.1. The van der Waals surface area contributed by atoms with Crippen LogP contribution in [-0.4, -0.2) is 26.0 Å². The number of aromatic carboxylic acids is 1. The second-order valence-corrected chi connectivity index (χ2v) is 4.79. The van der Waals surface area contributed by atoms with E-state index in [1.165, 1.54) is 6.20 Å². The molecule has 0 amide bonds. The molecule has 2 heterocycles. The predicted molar refractivity (Wildman–Crippen MR) is 75.7 cm³/mol. The lowest BCUT2D eigenvalue weighted by Crippen LogP contribution is -2.08. The minimum absolute atomic E-state index is 0.167. The first-order valence-electron chi connectivity index (χ1n) is 6.55. The molecule has 2 rings (SSSR count). The van der Waals surface area contributed by atoms with E-state index < -0.39 is 5.97 Å². The third-order valence-electron chi connectivity index (χ3n) is 3.01. The zero-order valence-corrected chi connectivity index (χ0v) is 11.8. The van der Waals surface area contributed by atoms with Gasteiger partial charge in [0.1, 0.15) is 5.69 Å². The predicted octanol–water partition coefficient (Wildman–Crippen LogP) is 2.81. The van der Waals surface area contributed by atoms with Gasteiger partial charge in [0.2, 0.25) is 0 Å². The first kappa shape index (κ1) is 14.1. The Kier molecular flexibility index (Phi) is 4.08. The van der Waals surface area contributed by atoms with Crippen molar-refractivity contribution in [1.82, 2.24) is 15.0 Å². The van der Waals surface area contributed by atoms with Gasteiger partial charge in [0.25, 0.3) is 0 Å². The lowest BCUT2D eigenvalue weighted by molar-refractivity contribution is 0.0694. The van der Waals surface area contributed by atoms with Crippen molar-refractivity contribution >= 4 is 5.97 Å². The van der Waals surface area contributed by atoms with Gasteiger partial charge in [-0.3, -0.25) is 4.98 Å². The standard InChI is InChI=1S/C15H17N3O2/c1-4-5-12-11(15(19)20)8-17-14(18-12)13-10(3)6-9(2)7-16-13/h6-8H,4-5H2,1-3H3,(H,19,20). The summed E-state index contributed by atoms with van der Waals surface area (Å²) < 4.78 is 0. The van der Waals surface area contributed by atoms with Gasteiger partial charge in [-0.05, 0) is 31.4 Å². The number of hydrogen-bond acceptors (Lipinski definition) is 4. The Balaban J connectivity index is 2.52. The summed E-state index contributed by atoms with van der Waals surface area (Å²) in [5, 5.41) is 9.15. The van der Waals surface area contributed by atoms with Crippen molar-refractivity contribution < 1.29 is 9.90 Å². The molecule has 2 aromatic heterocycles. The monoisotopic (exact) mass is 271 g/mol. The second-order valence-electron chi connectivity index (χ2n) is 4.79. The van der Waals surface area contributed by atoms with Crippen molar-refractivity contribution in [3.8, 4) is 11.5 Å². The van der Waals surface area contributed by atoms with Crippen LogP contribution in [0.2, 0.25) is 0 Å². The van der Waals surface area contributed by atoms with Gasteiger partial charge in [0.05, 0.1) is 11.3 Å². The van der Waals surface area contributed by atoms with E-state index in [0.717, 1.165) is 17.5 Å². The molecular weight excluding hydrogens is 254 g/mol. The van der Waals surface area contributed by atoms with Crippen LogP contribution in [-0.2, 0) is 6.42 Å². The summed E-state index contributed by atoms with van der Waals surface area (Å²) >= 11 is 0. The Morgan fingerprint density at radius 2 is 2.00 bits per heavy atom. The number of nitrogens with zero attached hydrogens (tertiary/aromatic N) is 3. The van der Waals surface area contributed by atoms with E-state index in [1.54, 1.807) is 6.20 Å². The van der Waals surface area contributed by atoms with Crippen molar-refractivity contribution in [2.24, 2.45) is 0 Å². The highest BCUT2D eigenvalue weighted by molar-refractivity contribution is 5.88. The molecule has 0 aliphatic carbocycles. The molecular formula is C15H17N3O2. The van der Waals surface area contributed by atoms with Crippen molar-refractivity contribution in [3.05, 3.63) is 40.8 Å². The van der Waals surface area contributed by atoms with Crippen LogP contribution in [0.5, 0.6) is 0 Å². The van der Waals surface area contributed by atoms with Crippen LogP contribution < -0.4 is 0 Å². The van der Waals surface area contributed by atoms with E-state index >= 15 is 0 Å². The molecule has 0 unspecified atom stereocenters. The minimum atomic E-state index is -0.992. The molecule has 5 heteroatoms.